The van der Waals surface area contributed by atoms with Gasteiger partial charge in [0.15, 0.2) is 0 Å². The molecule has 0 saturated carbocycles. The van der Waals surface area contributed by atoms with Gasteiger partial charge in [0.05, 0.1) is 18.3 Å². The largest absolute Gasteiger partial charge is 0.418 e. The van der Waals surface area contributed by atoms with Crippen LogP contribution in [0.3, 0.4) is 0 Å². The highest BCUT2D eigenvalue weighted by atomic mass is 79.9. The van der Waals surface area contributed by atoms with Gasteiger partial charge in [-0.1, -0.05) is 21.1 Å². The second-order valence-electron chi connectivity index (χ2n) is 3.78. The zero-order valence-corrected chi connectivity index (χ0v) is 11.2. The van der Waals surface area contributed by atoms with Crippen molar-refractivity contribution in [3.05, 3.63) is 40.6 Å². The molecule has 0 aliphatic carbocycles. The molecule has 1 aromatic carbocycles. The van der Waals surface area contributed by atoms with Gasteiger partial charge in [-0.25, -0.2) is 0 Å². The van der Waals surface area contributed by atoms with Crippen LogP contribution in [0, 0.1) is 0 Å². The van der Waals surface area contributed by atoms with E-state index in [-0.39, 0.29) is 5.69 Å². The minimum atomic E-state index is -4.39. The third-order valence-corrected chi connectivity index (χ3v) is 2.91. The van der Waals surface area contributed by atoms with Crippen molar-refractivity contribution in [1.82, 2.24) is 15.0 Å². The fourth-order valence-corrected chi connectivity index (χ4v) is 1.92. The predicted molar refractivity (Wildman–Crippen MR) is 67.7 cm³/mol. The second-order valence-corrected chi connectivity index (χ2v) is 4.70. The molecule has 102 valence electrons. The Hall–Kier alpha value is -1.57. The molecule has 0 atom stereocenters. The first-order valence-electron chi connectivity index (χ1n) is 5.41. The molecule has 0 fully saturated rings. The van der Waals surface area contributed by atoms with Crippen LogP contribution >= 0.6 is 15.9 Å². The Kier molecular flexibility index (Phi) is 4.08. The van der Waals surface area contributed by atoms with Crippen molar-refractivity contribution in [3.8, 4) is 0 Å². The van der Waals surface area contributed by atoms with Gasteiger partial charge in [-0.05, 0) is 18.2 Å². The Morgan fingerprint density at radius 2 is 2.11 bits per heavy atom. The highest BCUT2D eigenvalue weighted by Gasteiger charge is 2.33. The van der Waals surface area contributed by atoms with Gasteiger partial charge in [0, 0.05) is 22.9 Å². The van der Waals surface area contributed by atoms with Crippen LogP contribution in [0.4, 0.5) is 18.9 Å². The molecule has 0 bridgehead atoms. The van der Waals surface area contributed by atoms with Crippen LogP contribution in [-0.2, 0) is 12.7 Å². The van der Waals surface area contributed by atoms with Crippen molar-refractivity contribution in [1.29, 1.82) is 0 Å². The summed E-state index contributed by atoms with van der Waals surface area (Å²) in [4.78, 5) is 0. The molecule has 8 heteroatoms. The Morgan fingerprint density at radius 3 is 2.74 bits per heavy atom. The third kappa shape index (κ3) is 3.69. The van der Waals surface area contributed by atoms with Gasteiger partial charge < -0.3 is 5.32 Å². The van der Waals surface area contributed by atoms with Crippen LogP contribution in [0.5, 0.6) is 0 Å². The lowest BCUT2D eigenvalue weighted by atomic mass is 10.1. The van der Waals surface area contributed by atoms with E-state index in [1.807, 2.05) is 0 Å². The Labute approximate surface area is 115 Å². The zero-order chi connectivity index (χ0) is 13.9. The van der Waals surface area contributed by atoms with Gasteiger partial charge in [-0.15, -0.1) is 5.10 Å². The average Bonchev–Trinajstić information content (AvgIpc) is 2.83. The maximum absolute atomic E-state index is 12.8. The van der Waals surface area contributed by atoms with Crippen LogP contribution < -0.4 is 5.32 Å². The summed E-state index contributed by atoms with van der Waals surface area (Å²) in [5.74, 6) is 0. The molecule has 1 heterocycles. The maximum atomic E-state index is 12.8. The van der Waals surface area contributed by atoms with Crippen LogP contribution in [0.1, 0.15) is 5.56 Å². The summed E-state index contributed by atoms with van der Waals surface area (Å²) in [6, 6.07) is 4.01. The highest BCUT2D eigenvalue weighted by molar-refractivity contribution is 9.10. The molecule has 0 unspecified atom stereocenters. The number of aromatic nitrogens is 3. The highest BCUT2D eigenvalue weighted by Crippen LogP contribution is 2.36. The molecule has 19 heavy (non-hydrogen) atoms. The van der Waals surface area contributed by atoms with Gasteiger partial charge in [0.25, 0.3) is 0 Å². The van der Waals surface area contributed by atoms with E-state index in [4.69, 9.17) is 0 Å². The van der Waals surface area contributed by atoms with Crippen LogP contribution in [-0.4, -0.2) is 21.5 Å². The molecule has 0 aliphatic rings. The number of rotatable bonds is 4. The fraction of sp³-hybridized carbons (Fsp3) is 0.273. The minimum Gasteiger partial charge on any atom is -0.383 e. The van der Waals surface area contributed by atoms with Crippen molar-refractivity contribution in [2.24, 2.45) is 0 Å². The van der Waals surface area contributed by atoms with Crippen LogP contribution in [0.25, 0.3) is 0 Å². The lowest BCUT2D eigenvalue weighted by molar-refractivity contribution is -0.137. The normalized spacial score (nSPS) is 11.6. The van der Waals surface area contributed by atoms with E-state index in [2.05, 4.69) is 31.6 Å². The van der Waals surface area contributed by atoms with E-state index in [0.717, 1.165) is 6.07 Å². The molecule has 0 saturated heterocycles. The molecular formula is C11H10BrF3N4. The Balaban J connectivity index is 2.07. The van der Waals surface area contributed by atoms with E-state index < -0.39 is 11.7 Å². The van der Waals surface area contributed by atoms with Gasteiger partial charge in [-0.2, -0.15) is 13.2 Å². The lowest BCUT2D eigenvalue weighted by Crippen LogP contribution is -2.15. The van der Waals surface area contributed by atoms with Crippen molar-refractivity contribution in [2.45, 2.75) is 12.7 Å². The molecule has 1 N–H and O–H groups in total. The first kappa shape index (κ1) is 13.9. The van der Waals surface area contributed by atoms with E-state index >= 15 is 0 Å². The monoisotopic (exact) mass is 334 g/mol. The number of benzene rings is 1. The van der Waals surface area contributed by atoms with Crippen molar-refractivity contribution in [3.63, 3.8) is 0 Å². The number of anilines is 1. The summed E-state index contributed by atoms with van der Waals surface area (Å²) in [6.07, 6.45) is -1.23. The van der Waals surface area contributed by atoms with Gasteiger partial charge >= 0.3 is 6.18 Å². The fourth-order valence-electron chi connectivity index (χ4n) is 1.56. The number of hydrogen-bond acceptors (Lipinski definition) is 3. The quantitative estimate of drug-likeness (QED) is 0.933. The first-order valence-corrected chi connectivity index (χ1v) is 6.21. The Morgan fingerprint density at radius 1 is 1.32 bits per heavy atom. The van der Waals surface area contributed by atoms with Crippen LogP contribution in [0.2, 0.25) is 0 Å². The standard InChI is InChI=1S/C11H10BrF3N4/c12-8-1-2-10(9(7-8)11(13,14)15)16-3-5-19-6-4-17-18-19/h1-2,4,6-7,16H,3,5H2. The van der Waals surface area contributed by atoms with E-state index in [9.17, 15) is 13.2 Å². The molecule has 2 rings (SSSR count). The third-order valence-electron chi connectivity index (χ3n) is 2.42. The van der Waals surface area contributed by atoms with E-state index in [1.165, 1.54) is 12.3 Å². The Bertz CT molecular complexity index is 539. The van der Waals surface area contributed by atoms with Crippen molar-refractivity contribution < 1.29 is 13.2 Å². The van der Waals surface area contributed by atoms with E-state index in [0.29, 0.717) is 17.6 Å². The number of alkyl halides is 3. The maximum Gasteiger partial charge on any atom is 0.418 e. The smallest absolute Gasteiger partial charge is 0.383 e. The number of halogens is 4. The van der Waals surface area contributed by atoms with Crippen molar-refractivity contribution in [2.75, 3.05) is 11.9 Å². The van der Waals surface area contributed by atoms with Gasteiger partial charge in [0.2, 0.25) is 0 Å². The van der Waals surface area contributed by atoms with E-state index in [1.54, 1.807) is 16.9 Å². The van der Waals surface area contributed by atoms with Gasteiger partial charge in [0.1, 0.15) is 0 Å². The molecule has 2 aromatic rings. The summed E-state index contributed by atoms with van der Waals surface area (Å²) >= 11 is 3.04. The molecule has 1 aromatic heterocycles. The zero-order valence-electron chi connectivity index (χ0n) is 9.65. The molecule has 0 radical (unpaired) electrons. The summed E-state index contributed by atoms with van der Waals surface area (Å²) in [5.41, 5.74) is -0.642. The molecule has 4 nitrogen and oxygen atoms in total. The SMILES string of the molecule is FC(F)(F)c1cc(Br)ccc1NCCn1ccnn1. The molecular weight excluding hydrogens is 325 g/mol. The molecule has 0 amide bonds. The summed E-state index contributed by atoms with van der Waals surface area (Å²) in [7, 11) is 0. The van der Waals surface area contributed by atoms with Crippen LogP contribution in [0.15, 0.2) is 35.1 Å². The topological polar surface area (TPSA) is 42.7 Å². The van der Waals surface area contributed by atoms with Gasteiger partial charge in [-0.3, -0.25) is 4.68 Å². The average molecular weight is 335 g/mol. The van der Waals surface area contributed by atoms with Crippen molar-refractivity contribution >= 4 is 21.6 Å². The second kappa shape index (κ2) is 5.60. The lowest BCUT2D eigenvalue weighted by Gasteiger charge is -2.14. The number of nitrogens with zero attached hydrogens (tertiary/aromatic N) is 3. The first-order chi connectivity index (χ1) is 8.97. The predicted octanol–water partition coefficient (Wildman–Crippen LogP) is 3.17. The minimum absolute atomic E-state index is 0.0517. The summed E-state index contributed by atoms with van der Waals surface area (Å²) < 4.78 is 40.5. The molecule has 0 aliphatic heterocycles. The summed E-state index contributed by atoms with van der Waals surface area (Å²) in [6.45, 7) is 0.765. The molecule has 0 spiro atoms. The number of hydrogen-bond donors (Lipinski definition) is 1. The number of nitrogens with one attached hydrogen (secondary N) is 1. The summed E-state index contributed by atoms with van der Waals surface area (Å²) in [5, 5.41) is 10.1.